The minimum atomic E-state index is -0.274. The van der Waals surface area contributed by atoms with Crippen LogP contribution in [0.4, 0.5) is 0 Å². The van der Waals surface area contributed by atoms with Gasteiger partial charge in [0, 0.05) is 39.6 Å². The number of aliphatic hydroxyl groups is 1. The predicted octanol–water partition coefficient (Wildman–Crippen LogP) is -0.469. The fraction of sp³-hybridized carbons (Fsp3) is 0.889. The summed E-state index contributed by atoms with van der Waals surface area (Å²) in [5, 5.41) is 9.16. The second-order valence-electron chi connectivity index (χ2n) is 3.66. The Labute approximate surface area is 79.1 Å². The van der Waals surface area contributed by atoms with Crippen LogP contribution in [0.3, 0.4) is 0 Å². The molecular weight excluding hydrogens is 168 g/mol. The van der Waals surface area contributed by atoms with Crippen molar-refractivity contribution in [3.05, 3.63) is 0 Å². The van der Waals surface area contributed by atoms with E-state index in [9.17, 15) is 4.79 Å². The van der Waals surface area contributed by atoms with E-state index in [0.29, 0.717) is 6.54 Å². The molecule has 4 heteroatoms. The number of carbonyl (C=O) groups is 1. The van der Waals surface area contributed by atoms with E-state index < -0.39 is 0 Å². The van der Waals surface area contributed by atoms with Crippen molar-refractivity contribution in [1.82, 2.24) is 9.80 Å². The number of β-amino-alcohol motifs (C(OH)–C–C–N with tert-alkyl or cyclic N) is 1. The molecule has 1 saturated heterocycles. The van der Waals surface area contributed by atoms with Gasteiger partial charge in [-0.3, -0.25) is 9.69 Å². The van der Waals surface area contributed by atoms with E-state index in [1.165, 1.54) is 0 Å². The van der Waals surface area contributed by atoms with Crippen LogP contribution in [-0.4, -0.2) is 59.6 Å². The summed E-state index contributed by atoms with van der Waals surface area (Å²) in [5.41, 5.74) is 0. The van der Waals surface area contributed by atoms with Crippen molar-refractivity contribution in [3.63, 3.8) is 0 Å². The molecule has 4 nitrogen and oxygen atoms in total. The molecule has 1 aliphatic heterocycles. The van der Waals surface area contributed by atoms with Crippen LogP contribution in [0.2, 0.25) is 0 Å². The van der Waals surface area contributed by atoms with Gasteiger partial charge in [0.1, 0.15) is 0 Å². The number of piperazine rings is 1. The number of nitrogens with zero attached hydrogens (tertiary/aromatic N) is 2. The van der Waals surface area contributed by atoms with Crippen LogP contribution in [0.1, 0.15) is 13.8 Å². The van der Waals surface area contributed by atoms with E-state index >= 15 is 0 Å². The van der Waals surface area contributed by atoms with Crippen LogP contribution >= 0.6 is 0 Å². The van der Waals surface area contributed by atoms with Gasteiger partial charge in [-0.1, -0.05) is 0 Å². The highest BCUT2D eigenvalue weighted by Gasteiger charge is 2.18. The number of hydrogen-bond donors (Lipinski definition) is 1. The lowest BCUT2D eigenvalue weighted by atomic mass is 10.3. The first-order chi connectivity index (χ1) is 6.09. The zero-order valence-corrected chi connectivity index (χ0v) is 8.36. The lowest BCUT2D eigenvalue weighted by Crippen LogP contribution is -2.49. The van der Waals surface area contributed by atoms with Gasteiger partial charge in [-0.2, -0.15) is 0 Å². The molecular formula is C9H18N2O2. The minimum absolute atomic E-state index is 0.150. The fourth-order valence-corrected chi connectivity index (χ4v) is 1.62. The Bertz CT molecular complexity index is 174. The first-order valence-electron chi connectivity index (χ1n) is 4.75. The van der Waals surface area contributed by atoms with Crippen molar-refractivity contribution in [3.8, 4) is 0 Å². The molecule has 1 aliphatic rings. The van der Waals surface area contributed by atoms with Crippen molar-refractivity contribution < 1.29 is 9.90 Å². The Hall–Kier alpha value is -0.610. The van der Waals surface area contributed by atoms with Crippen LogP contribution in [0.5, 0.6) is 0 Å². The second-order valence-corrected chi connectivity index (χ2v) is 3.66. The van der Waals surface area contributed by atoms with Gasteiger partial charge in [-0.05, 0) is 6.92 Å². The molecule has 1 rings (SSSR count). The SMILES string of the molecule is CC(=O)N1CCN(CC(C)O)CC1. The monoisotopic (exact) mass is 186 g/mol. The Morgan fingerprint density at radius 1 is 1.38 bits per heavy atom. The van der Waals surface area contributed by atoms with Gasteiger partial charge < -0.3 is 10.0 Å². The number of aliphatic hydroxyl groups excluding tert-OH is 1. The highest BCUT2D eigenvalue weighted by Crippen LogP contribution is 2.02. The average Bonchev–Trinajstić information content (AvgIpc) is 2.04. The lowest BCUT2D eigenvalue weighted by molar-refractivity contribution is -0.130. The number of carbonyl (C=O) groups excluding carboxylic acids is 1. The van der Waals surface area contributed by atoms with Crippen LogP contribution < -0.4 is 0 Å². The van der Waals surface area contributed by atoms with Crippen molar-refractivity contribution in [2.24, 2.45) is 0 Å². The Morgan fingerprint density at radius 2 is 1.92 bits per heavy atom. The summed E-state index contributed by atoms with van der Waals surface area (Å²) >= 11 is 0. The summed E-state index contributed by atoms with van der Waals surface area (Å²) in [7, 11) is 0. The molecule has 1 N–H and O–H groups in total. The molecule has 0 saturated carbocycles. The van der Waals surface area contributed by atoms with Crippen LogP contribution in [0.15, 0.2) is 0 Å². The van der Waals surface area contributed by atoms with E-state index in [4.69, 9.17) is 5.11 Å². The molecule has 0 spiro atoms. The molecule has 0 aromatic rings. The van der Waals surface area contributed by atoms with Crippen molar-refractivity contribution >= 4 is 5.91 Å². The highest BCUT2D eigenvalue weighted by molar-refractivity contribution is 5.73. The zero-order valence-electron chi connectivity index (χ0n) is 8.36. The van der Waals surface area contributed by atoms with Crippen LogP contribution in [0.25, 0.3) is 0 Å². The smallest absolute Gasteiger partial charge is 0.219 e. The maximum absolute atomic E-state index is 11.0. The average molecular weight is 186 g/mol. The van der Waals surface area contributed by atoms with Gasteiger partial charge in [0.25, 0.3) is 0 Å². The Morgan fingerprint density at radius 3 is 2.31 bits per heavy atom. The number of rotatable bonds is 2. The van der Waals surface area contributed by atoms with Crippen molar-refractivity contribution in [2.45, 2.75) is 20.0 Å². The van der Waals surface area contributed by atoms with Crippen LogP contribution in [-0.2, 0) is 4.79 Å². The molecule has 13 heavy (non-hydrogen) atoms. The number of amides is 1. The third-order valence-corrected chi connectivity index (χ3v) is 2.34. The summed E-state index contributed by atoms with van der Waals surface area (Å²) in [4.78, 5) is 15.0. The predicted molar refractivity (Wildman–Crippen MR) is 50.4 cm³/mol. The van der Waals surface area contributed by atoms with E-state index in [-0.39, 0.29) is 12.0 Å². The van der Waals surface area contributed by atoms with E-state index in [0.717, 1.165) is 26.2 Å². The van der Waals surface area contributed by atoms with Gasteiger partial charge in [0.15, 0.2) is 0 Å². The summed E-state index contributed by atoms with van der Waals surface area (Å²) in [6.07, 6.45) is -0.274. The summed E-state index contributed by atoms with van der Waals surface area (Å²) in [6.45, 7) is 7.45. The molecule has 76 valence electrons. The van der Waals surface area contributed by atoms with Gasteiger partial charge in [-0.15, -0.1) is 0 Å². The summed E-state index contributed by atoms with van der Waals surface area (Å²) < 4.78 is 0. The lowest BCUT2D eigenvalue weighted by Gasteiger charge is -2.34. The largest absolute Gasteiger partial charge is 0.392 e. The Kier molecular flexibility index (Phi) is 3.69. The van der Waals surface area contributed by atoms with E-state index in [2.05, 4.69) is 4.90 Å². The van der Waals surface area contributed by atoms with Crippen molar-refractivity contribution in [2.75, 3.05) is 32.7 Å². The molecule has 1 atom stereocenters. The third-order valence-electron chi connectivity index (χ3n) is 2.34. The first kappa shape index (κ1) is 10.5. The first-order valence-corrected chi connectivity index (χ1v) is 4.75. The molecule has 1 fully saturated rings. The molecule has 0 aliphatic carbocycles. The molecule has 0 radical (unpaired) electrons. The van der Waals surface area contributed by atoms with Gasteiger partial charge in [0.05, 0.1) is 6.10 Å². The zero-order chi connectivity index (χ0) is 9.84. The maximum Gasteiger partial charge on any atom is 0.219 e. The van der Waals surface area contributed by atoms with Gasteiger partial charge >= 0.3 is 0 Å². The molecule has 1 unspecified atom stereocenters. The molecule has 0 aromatic carbocycles. The molecule has 0 bridgehead atoms. The molecule has 1 amide bonds. The quantitative estimate of drug-likeness (QED) is 0.634. The molecule has 0 aromatic heterocycles. The Balaban J connectivity index is 2.26. The molecule has 1 heterocycles. The maximum atomic E-state index is 11.0. The summed E-state index contributed by atoms with van der Waals surface area (Å²) in [6, 6.07) is 0. The minimum Gasteiger partial charge on any atom is -0.392 e. The van der Waals surface area contributed by atoms with E-state index in [1.54, 1.807) is 13.8 Å². The topological polar surface area (TPSA) is 43.8 Å². The van der Waals surface area contributed by atoms with E-state index in [1.807, 2.05) is 4.90 Å². The van der Waals surface area contributed by atoms with Crippen molar-refractivity contribution in [1.29, 1.82) is 0 Å². The van der Waals surface area contributed by atoms with Gasteiger partial charge in [0.2, 0.25) is 5.91 Å². The van der Waals surface area contributed by atoms with Gasteiger partial charge in [-0.25, -0.2) is 0 Å². The normalized spacial score (nSPS) is 21.6. The van der Waals surface area contributed by atoms with Crippen LogP contribution in [0, 0.1) is 0 Å². The summed E-state index contributed by atoms with van der Waals surface area (Å²) in [5.74, 6) is 0.150. The fourth-order valence-electron chi connectivity index (χ4n) is 1.62. The third kappa shape index (κ3) is 3.32. The second kappa shape index (κ2) is 4.58. The standard InChI is InChI=1S/C9H18N2O2/c1-8(12)7-10-3-5-11(6-4-10)9(2)13/h8,12H,3-7H2,1-2H3. The number of hydrogen-bond acceptors (Lipinski definition) is 3. The highest BCUT2D eigenvalue weighted by atomic mass is 16.3.